The number of aromatic amines is 1. The van der Waals surface area contributed by atoms with Gasteiger partial charge < -0.3 is 9.84 Å². The zero-order valence-corrected chi connectivity index (χ0v) is 18.9. The van der Waals surface area contributed by atoms with Crippen LogP contribution in [0.5, 0.6) is 0 Å². The van der Waals surface area contributed by atoms with Gasteiger partial charge in [-0.2, -0.15) is 18.3 Å². The first-order chi connectivity index (χ1) is 16.7. The molecule has 8 nitrogen and oxygen atoms in total. The van der Waals surface area contributed by atoms with E-state index in [0.29, 0.717) is 27.4 Å². The predicted octanol–water partition coefficient (Wildman–Crippen LogP) is 5.56. The summed E-state index contributed by atoms with van der Waals surface area (Å²) >= 11 is 0. The normalized spacial score (nSPS) is 12.6. The molecule has 0 aliphatic heterocycles. The Morgan fingerprint density at radius 2 is 1.94 bits per heavy atom. The summed E-state index contributed by atoms with van der Waals surface area (Å²) in [5, 5.41) is 13.2. The summed E-state index contributed by atoms with van der Waals surface area (Å²) in [5.74, 6) is 0.0673. The Balaban J connectivity index is 1.72. The average molecular weight is 501 g/mol. The molecule has 2 aromatic carbocycles. The van der Waals surface area contributed by atoms with Crippen molar-refractivity contribution in [2.45, 2.75) is 18.0 Å². The molecule has 0 saturated heterocycles. The third-order valence-corrected chi connectivity index (χ3v) is 5.87. The van der Waals surface area contributed by atoms with Crippen molar-refractivity contribution >= 4 is 40.0 Å². The molecule has 2 heterocycles. The molecule has 180 valence electrons. The topological polar surface area (TPSA) is 113 Å². The number of nitrogens with one attached hydrogen (secondary N) is 3. The second-order valence-corrected chi connectivity index (χ2v) is 8.53. The number of ketones is 1. The number of nitrogens with zero attached hydrogens (tertiary/aromatic N) is 2. The van der Waals surface area contributed by atoms with Crippen LogP contribution >= 0.6 is 0 Å². The molecule has 2 aromatic heterocycles. The minimum absolute atomic E-state index is 0.211. The van der Waals surface area contributed by atoms with E-state index in [2.05, 4.69) is 25.4 Å². The highest BCUT2D eigenvalue weighted by molar-refractivity contribution is 7.86. The van der Waals surface area contributed by atoms with Crippen molar-refractivity contribution in [2.24, 2.45) is 0 Å². The highest BCUT2D eigenvalue weighted by Gasteiger charge is 2.31. The van der Waals surface area contributed by atoms with Crippen molar-refractivity contribution in [1.82, 2.24) is 15.4 Å². The predicted molar refractivity (Wildman–Crippen MR) is 125 cm³/mol. The molecule has 35 heavy (non-hydrogen) atoms. The summed E-state index contributed by atoms with van der Waals surface area (Å²) in [6, 6.07) is 9.62. The highest BCUT2D eigenvalue weighted by atomic mass is 32.2. The number of alkyl halides is 3. The molecule has 1 atom stereocenters. The number of carbonyl (C=O) groups is 1. The van der Waals surface area contributed by atoms with Gasteiger partial charge in [0.25, 0.3) is 0 Å². The van der Waals surface area contributed by atoms with Crippen LogP contribution in [0.4, 0.5) is 30.4 Å². The number of rotatable bonds is 8. The standard InChI is InChI=1S/C23H18F3N5O3S/c1-14(32)2-3-15-10-18(35(33)31-22-8-9-34-30-22)5-7-20(15)29-21-6-4-17(23(24,25)26)11-19(21)16-12-27-28-13-16/h2-13,29H,1H3,(H,27,28)(H,30,31)/b3-2-. The van der Waals surface area contributed by atoms with E-state index in [1.54, 1.807) is 18.2 Å². The van der Waals surface area contributed by atoms with Crippen LogP contribution in [0.15, 0.2) is 76.6 Å². The monoisotopic (exact) mass is 501 g/mol. The van der Waals surface area contributed by atoms with Crippen LogP contribution < -0.4 is 10.0 Å². The minimum atomic E-state index is -4.52. The number of H-pyrrole nitrogens is 1. The van der Waals surface area contributed by atoms with Gasteiger partial charge in [0, 0.05) is 34.8 Å². The van der Waals surface area contributed by atoms with Crippen LogP contribution in [0.25, 0.3) is 17.2 Å². The molecule has 12 heteroatoms. The number of aromatic nitrogens is 3. The first kappa shape index (κ1) is 24.0. The summed E-state index contributed by atoms with van der Waals surface area (Å²) in [4.78, 5) is 11.9. The van der Waals surface area contributed by atoms with Crippen LogP contribution in [-0.4, -0.2) is 25.3 Å². The van der Waals surface area contributed by atoms with Gasteiger partial charge in [-0.25, -0.2) is 4.21 Å². The fourth-order valence-electron chi connectivity index (χ4n) is 3.15. The Hall–Kier alpha value is -4.19. The molecule has 0 saturated carbocycles. The van der Waals surface area contributed by atoms with Crippen molar-refractivity contribution in [1.29, 1.82) is 0 Å². The zero-order chi connectivity index (χ0) is 25.0. The number of halogens is 3. The first-order valence-electron chi connectivity index (χ1n) is 10.1. The zero-order valence-electron chi connectivity index (χ0n) is 18.1. The molecule has 0 spiro atoms. The number of carbonyl (C=O) groups excluding carboxylic acids is 1. The summed E-state index contributed by atoms with van der Waals surface area (Å²) in [6.07, 6.45) is 2.58. The molecule has 0 fully saturated rings. The maximum Gasteiger partial charge on any atom is 0.416 e. The van der Waals surface area contributed by atoms with Crippen molar-refractivity contribution in [2.75, 3.05) is 10.0 Å². The van der Waals surface area contributed by atoms with E-state index in [1.165, 1.54) is 49.9 Å². The number of anilines is 3. The van der Waals surface area contributed by atoms with Crippen molar-refractivity contribution in [3.05, 3.63) is 78.3 Å². The van der Waals surface area contributed by atoms with E-state index in [-0.39, 0.29) is 17.2 Å². The smallest absolute Gasteiger partial charge is 0.363 e. The Kier molecular flexibility index (Phi) is 6.82. The quantitative estimate of drug-likeness (QED) is 0.272. The van der Waals surface area contributed by atoms with Gasteiger partial charge in [-0.15, -0.1) is 0 Å². The second kappa shape index (κ2) is 9.97. The maximum atomic E-state index is 13.3. The largest absolute Gasteiger partial charge is 0.416 e. The van der Waals surface area contributed by atoms with Gasteiger partial charge in [0.15, 0.2) is 22.6 Å². The molecule has 0 bridgehead atoms. The summed E-state index contributed by atoms with van der Waals surface area (Å²) < 4.78 is 60.1. The minimum Gasteiger partial charge on any atom is -0.363 e. The van der Waals surface area contributed by atoms with E-state index in [4.69, 9.17) is 4.52 Å². The number of hydrogen-bond donors (Lipinski definition) is 3. The van der Waals surface area contributed by atoms with Gasteiger partial charge in [0.1, 0.15) is 6.26 Å². The van der Waals surface area contributed by atoms with Gasteiger partial charge in [-0.05, 0) is 61.0 Å². The van der Waals surface area contributed by atoms with Crippen LogP contribution in [0.1, 0.15) is 18.1 Å². The highest BCUT2D eigenvalue weighted by Crippen LogP contribution is 2.37. The van der Waals surface area contributed by atoms with Crippen LogP contribution in [0.3, 0.4) is 0 Å². The molecular formula is C23H18F3N5O3S. The Morgan fingerprint density at radius 1 is 1.14 bits per heavy atom. The van der Waals surface area contributed by atoms with Crippen LogP contribution in [0, 0.1) is 0 Å². The van der Waals surface area contributed by atoms with Crippen LogP contribution in [-0.2, 0) is 22.0 Å². The molecule has 0 radical (unpaired) electrons. The Labute approximate surface area is 199 Å². The molecule has 0 aliphatic carbocycles. The third-order valence-electron chi connectivity index (χ3n) is 4.80. The molecular weight excluding hydrogens is 483 g/mol. The van der Waals surface area contributed by atoms with E-state index < -0.39 is 22.7 Å². The van der Waals surface area contributed by atoms with Crippen molar-refractivity contribution in [3.63, 3.8) is 0 Å². The first-order valence-corrected chi connectivity index (χ1v) is 11.2. The van der Waals surface area contributed by atoms with Gasteiger partial charge in [0.05, 0.1) is 16.7 Å². The summed E-state index contributed by atoms with van der Waals surface area (Å²) in [6.45, 7) is 1.38. The van der Waals surface area contributed by atoms with Crippen molar-refractivity contribution < 1.29 is 26.7 Å². The SMILES string of the molecule is CC(=O)/C=C\c1cc(S(=O)Nc2ccon2)ccc1Nc1ccc(C(F)(F)F)cc1-c1cn[nH]c1. The van der Waals surface area contributed by atoms with Gasteiger partial charge in [0.2, 0.25) is 0 Å². The molecule has 4 aromatic rings. The molecule has 3 N–H and O–H groups in total. The van der Waals surface area contributed by atoms with E-state index in [9.17, 15) is 22.2 Å². The fraction of sp³-hybridized carbons (Fsp3) is 0.0870. The third kappa shape index (κ3) is 5.84. The van der Waals surface area contributed by atoms with E-state index in [1.807, 2.05) is 0 Å². The lowest BCUT2D eigenvalue weighted by Gasteiger charge is -2.16. The number of hydrogen-bond acceptors (Lipinski definition) is 6. The van der Waals surface area contributed by atoms with Gasteiger partial charge >= 0.3 is 6.18 Å². The summed E-state index contributed by atoms with van der Waals surface area (Å²) in [7, 11) is -1.69. The Morgan fingerprint density at radius 3 is 2.60 bits per heavy atom. The average Bonchev–Trinajstić information content (AvgIpc) is 3.52. The van der Waals surface area contributed by atoms with Crippen molar-refractivity contribution in [3.8, 4) is 11.1 Å². The lowest BCUT2D eigenvalue weighted by Crippen LogP contribution is -2.07. The van der Waals surface area contributed by atoms with Gasteiger partial charge in [-0.3, -0.25) is 14.6 Å². The molecule has 4 rings (SSSR count). The second-order valence-electron chi connectivity index (χ2n) is 7.32. The fourth-order valence-corrected chi connectivity index (χ4v) is 3.98. The van der Waals surface area contributed by atoms with Crippen LogP contribution in [0.2, 0.25) is 0 Å². The molecule has 0 amide bonds. The number of benzene rings is 2. The lowest BCUT2D eigenvalue weighted by atomic mass is 10.0. The summed E-state index contributed by atoms with van der Waals surface area (Å²) in [5.41, 5.74) is 1.27. The van der Waals surface area contributed by atoms with Gasteiger partial charge in [-0.1, -0.05) is 5.16 Å². The Bertz CT molecular complexity index is 1380. The van der Waals surface area contributed by atoms with E-state index in [0.717, 1.165) is 12.1 Å². The maximum absolute atomic E-state index is 13.3. The molecule has 0 aliphatic rings. The molecule has 1 unspecified atom stereocenters. The number of allylic oxidation sites excluding steroid dienone is 1. The lowest BCUT2D eigenvalue weighted by molar-refractivity contribution is -0.137. The van der Waals surface area contributed by atoms with E-state index >= 15 is 0 Å².